The van der Waals surface area contributed by atoms with Gasteiger partial charge >= 0.3 is 0 Å². The van der Waals surface area contributed by atoms with Crippen molar-refractivity contribution < 1.29 is 13.6 Å². The van der Waals surface area contributed by atoms with Gasteiger partial charge in [0.25, 0.3) is 12.3 Å². The summed E-state index contributed by atoms with van der Waals surface area (Å²) >= 11 is 2.93. The lowest BCUT2D eigenvalue weighted by Gasteiger charge is -2.04. The number of amides is 1. The van der Waals surface area contributed by atoms with Crippen LogP contribution in [0.1, 0.15) is 22.6 Å². The van der Waals surface area contributed by atoms with Crippen molar-refractivity contribution in [2.75, 3.05) is 7.05 Å². The molecule has 0 atom stereocenters. The quantitative estimate of drug-likeness (QED) is 0.890. The van der Waals surface area contributed by atoms with Crippen LogP contribution in [0.3, 0.4) is 0 Å². The molecule has 14 heavy (non-hydrogen) atoms. The summed E-state index contributed by atoms with van der Waals surface area (Å²) in [6, 6.07) is 2.74. The SMILES string of the molecule is CNC(=O)c1ccc(Br)c(C(F)F)n1. The van der Waals surface area contributed by atoms with Crippen molar-refractivity contribution in [1.82, 2.24) is 10.3 Å². The molecular formula is C8H7BrF2N2O. The van der Waals surface area contributed by atoms with Crippen LogP contribution in [-0.4, -0.2) is 17.9 Å². The molecule has 1 N–H and O–H groups in total. The van der Waals surface area contributed by atoms with Crippen LogP contribution in [-0.2, 0) is 0 Å². The van der Waals surface area contributed by atoms with Gasteiger partial charge in [0.2, 0.25) is 0 Å². The highest BCUT2D eigenvalue weighted by Gasteiger charge is 2.16. The first-order chi connectivity index (χ1) is 6.56. The number of pyridine rings is 1. The molecule has 1 heterocycles. The van der Waals surface area contributed by atoms with Crippen molar-refractivity contribution in [3.8, 4) is 0 Å². The molecule has 1 rings (SSSR count). The Hall–Kier alpha value is -1.04. The summed E-state index contributed by atoms with van der Waals surface area (Å²) in [7, 11) is 1.41. The number of nitrogens with one attached hydrogen (secondary N) is 1. The molecule has 0 spiro atoms. The molecule has 0 bridgehead atoms. The molecule has 1 aromatic heterocycles. The zero-order valence-electron chi connectivity index (χ0n) is 7.22. The number of nitrogens with zero attached hydrogens (tertiary/aromatic N) is 1. The van der Waals surface area contributed by atoms with Crippen molar-refractivity contribution in [2.45, 2.75) is 6.43 Å². The van der Waals surface area contributed by atoms with E-state index < -0.39 is 18.0 Å². The van der Waals surface area contributed by atoms with E-state index >= 15 is 0 Å². The molecule has 0 fully saturated rings. The Balaban J connectivity index is 3.13. The van der Waals surface area contributed by atoms with E-state index in [1.54, 1.807) is 0 Å². The molecular weight excluding hydrogens is 258 g/mol. The highest BCUT2D eigenvalue weighted by Crippen LogP contribution is 2.25. The number of hydrogen-bond donors (Lipinski definition) is 1. The number of carbonyl (C=O) groups excluding carboxylic acids is 1. The summed E-state index contributed by atoms with van der Waals surface area (Å²) in [6.07, 6.45) is -2.70. The van der Waals surface area contributed by atoms with E-state index in [1.165, 1.54) is 19.2 Å². The van der Waals surface area contributed by atoms with E-state index in [4.69, 9.17) is 0 Å². The number of halogens is 3. The van der Waals surface area contributed by atoms with Gasteiger partial charge in [-0.15, -0.1) is 0 Å². The number of aromatic nitrogens is 1. The summed E-state index contributed by atoms with van der Waals surface area (Å²) in [4.78, 5) is 14.6. The largest absolute Gasteiger partial charge is 0.354 e. The fraction of sp³-hybridized carbons (Fsp3) is 0.250. The lowest BCUT2D eigenvalue weighted by atomic mass is 10.3. The Morgan fingerprint density at radius 1 is 1.57 bits per heavy atom. The Morgan fingerprint density at radius 3 is 2.71 bits per heavy atom. The number of rotatable bonds is 2. The molecule has 0 saturated carbocycles. The average Bonchev–Trinajstić information content (AvgIpc) is 2.17. The number of hydrogen-bond acceptors (Lipinski definition) is 2. The van der Waals surface area contributed by atoms with Crippen molar-refractivity contribution in [3.63, 3.8) is 0 Å². The van der Waals surface area contributed by atoms with Gasteiger partial charge in [0.1, 0.15) is 11.4 Å². The highest BCUT2D eigenvalue weighted by atomic mass is 79.9. The maximum Gasteiger partial charge on any atom is 0.281 e. The van der Waals surface area contributed by atoms with E-state index in [0.29, 0.717) is 0 Å². The second kappa shape index (κ2) is 4.45. The van der Waals surface area contributed by atoms with Crippen molar-refractivity contribution in [3.05, 3.63) is 28.0 Å². The van der Waals surface area contributed by atoms with Crippen molar-refractivity contribution in [2.24, 2.45) is 0 Å². The monoisotopic (exact) mass is 264 g/mol. The zero-order valence-corrected chi connectivity index (χ0v) is 8.81. The van der Waals surface area contributed by atoms with Crippen LogP contribution in [0.2, 0.25) is 0 Å². The first kappa shape index (κ1) is 11.0. The van der Waals surface area contributed by atoms with Gasteiger partial charge in [-0.25, -0.2) is 13.8 Å². The fourth-order valence-corrected chi connectivity index (χ4v) is 1.26. The maximum atomic E-state index is 12.4. The average molecular weight is 265 g/mol. The standard InChI is InChI=1S/C8H7BrF2N2O/c1-12-8(14)5-3-2-4(9)6(13-5)7(10)11/h2-3,7H,1H3,(H,12,14). The van der Waals surface area contributed by atoms with Crippen LogP contribution >= 0.6 is 15.9 Å². The van der Waals surface area contributed by atoms with Crippen LogP contribution in [0.15, 0.2) is 16.6 Å². The minimum absolute atomic E-state index is 0.0222. The molecule has 0 saturated heterocycles. The normalized spacial score (nSPS) is 10.4. The van der Waals surface area contributed by atoms with Gasteiger partial charge in [-0.05, 0) is 28.1 Å². The van der Waals surface area contributed by atoms with Crippen LogP contribution < -0.4 is 5.32 Å². The van der Waals surface area contributed by atoms with Gasteiger partial charge in [-0.2, -0.15) is 0 Å². The van der Waals surface area contributed by atoms with Gasteiger partial charge < -0.3 is 5.32 Å². The molecule has 3 nitrogen and oxygen atoms in total. The van der Waals surface area contributed by atoms with E-state index in [9.17, 15) is 13.6 Å². The third-order valence-corrected chi connectivity index (χ3v) is 2.21. The van der Waals surface area contributed by atoms with Gasteiger partial charge in [0.05, 0.1) is 0 Å². The molecule has 1 amide bonds. The molecule has 0 aromatic carbocycles. The predicted octanol–water partition coefficient (Wildman–Crippen LogP) is 2.14. The van der Waals surface area contributed by atoms with Crippen LogP contribution in [0.4, 0.5) is 8.78 Å². The summed E-state index contributed by atoms with van der Waals surface area (Å²) in [6.45, 7) is 0. The summed E-state index contributed by atoms with van der Waals surface area (Å²) in [5.74, 6) is -0.487. The van der Waals surface area contributed by atoms with Crippen LogP contribution in [0, 0.1) is 0 Å². The molecule has 0 aliphatic heterocycles. The van der Waals surface area contributed by atoms with E-state index in [2.05, 4.69) is 26.2 Å². The molecule has 6 heteroatoms. The van der Waals surface area contributed by atoms with Crippen molar-refractivity contribution >= 4 is 21.8 Å². The molecule has 1 aromatic rings. The summed E-state index contributed by atoms with van der Waals surface area (Å²) in [5, 5.41) is 2.31. The van der Waals surface area contributed by atoms with Gasteiger partial charge in [0, 0.05) is 11.5 Å². The predicted molar refractivity (Wildman–Crippen MR) is 50.3 cm³/mol. The summed E-state index contributed by atoms with van der Waals surface area (Å²) < 4.78 is 24.9. The Bertz CT molecular complexity index is 357. The number of carbonyl (C=O) groups is 1. The van der Waals surface area contributed by atoms with Crippen LogP contribution in [0.25, 0.3) is 0 Å². The Morgan fingerprint density at radius 2 is 2.21 bits per heavy atom. The lowest BCUT2D eigenvalue weighted by molar-refractivity contribution is 0.0956. The minimum Gasteiger partial charge on any atom is -0.354 e. The first-order valence-corrected chi connectivity index (χ1v) is 4.52. The van der Waals surface area contributed by atoms with Crippen molar-refractivity contribution in [1.29, 1.82) is 0 Å². The highest BCUT2D eigenvalue weighted by molar-refractivity contribution is 9.10. The Kier molecular flexibility index (Phi) is 3.51. The Labute approximate surface area is 87.7 Å². The van der Waals surface area contributed by atoms with E-state index in [0.717, 1.165) is 0 Å². The molecule has 0 aliphatic carbocycles. The zero-order chi connectivity index (χ0) is 10.7. The van der Waals surface area contributed by atoms with E-state index in [1.807, 2.05) is 0 Å². The first-order valence-electron chi connectivity index (χ1n) is 3.73. The lowest BCUT2D eigenvalue weighted by Crippen LogP contribution is -2.19. The number of alkyl halides is 2. The molecule has 0 radical (unpaired) electrons. The molecule has 0 aliphatic rings. The minimum atomic E-state index is -2.70. The summed E-state index contributed by atoms with van der Waals surface area (Å²) in [5.41, 5.74) is -0.447. The third-order valence-electron chi connectivity index (χ3n) is 1.54. The van der Waals surface area contributed by atoms with Gasteiger partial charge in [-0.1, -0.05) is 0 Å². The van der Waals surface area contributed by atoms with Crippen LogP contribution in [0.5, 0.6) is 0 Å². The van der Waals surface area contributed by atoms with E-state index in [-0.39, 0.29) is 10.2 Å². The third kappa shape index (κ3) is 2.25. The molecule has 76 valence electrons. The van der Waals surface area contributed by atoms with Gasteiger partial charge in [0.15, 0.2) is 0 Å². The maximum absolute atomic E-state index is 12.4. The smallest absolute Gasteiger partial charge is 0.281 e. The second-order valence-corrected chi connectivity index (χ2v) is 3.30. The topological polar surface area (TPSA) is 42.0 Å². The van der Waals surface area contributed by atoms with Gasteiger partial charge in [-0.3, -0.25) is 4.79 Å². The fourth-order valence-electron chi connectivity index (χ4n) is 0.865. The molecule has 0 unspecified atom stereocenters. The second-order valence-electron chi connectivity index (χ2n) is 2.44.